The zero-order valence-electron chi connectivity index (χ0n) is 13.1. The third-order valence-corrected chi connectivity index (χ3v) is 4.58. The molecule has 1 fully saturated rings. The molecular weight excluding hydrogens is 274 g/mol. The van der Waals surface area contributed by atoms with Gasteiger partial charge in [0.05, 0.1) is 5.41 Å². The van der Waals surface area contributed by atoms with Crippen molar-refractivity contribution in [3.63, 3.8) is 0 Å². The maximum Gasteiger partial charge on any atom is 0.228 e. The number of aromatic nitrogens is 2. The van der Waals surface area contributed by atoms with E-state index in [0.717, 1.165) is 48.3 Å². The van der Waals surface area contributed by atoms with Crippen molar-refractivity contribution in [1.82, 2.24) is 9.97 Å². The van der Waals surface area contributed by atoms with Crippen LogP contribution in [-0.4, -0.2) is 15.9 Å². The van der Waals surface area contributed by atoms with Gasteiger partial charge < -0.3 is 5.73 Å². The molecule has 0 aliphatic heterocycles. The summed E-state index contributed by atoms with van der Waals surface area (Å²) in [6, 6.07) is 8.16. The minimum Gasteiger partial charge on any atom is -0.369 e. The van der Waals surface area contributed by atoms with Gasteiger partial charge in [-0.25, -0.2) is 9.97 Å². The number of benzene rings is 1. The standard InChI is InChI=1S/C18H21N3O/c1-12-11-20-13(2)21-16(12)8-7-14-5-3-4-6-15(14)18(9-10-18)17(19)22/h3-6,11H,7-10H2,1-2H3,(H2,19,22). The van der Waals surface area contributed by atoms with Gasteiger partial charge in [0, 0.05) is 11.9 Å². The van der Waals surface area contributed by atoms with Gasteiger partial charge in [-0.3, -0.25) is 4.79 Å². The van der Waals surface area contributed by atoms with Crippen LogP contribution in [0.4, 0.5) is 0 Å². The van der Waals surface area contributed by atoms with Crippen LogP contribution in [0.25, 0.3) is 0 Å². The number of nitrogens with two attached hydrogens (primary N) is 1. The Morgan fingerprint density at radius 3 is 2.64 bits per heavy atom. The molecule has 1 heterocycles. The Kier molecular flexibility index (Phi) is 3.69. The molecule has 0 atom stereocenters. The molecule has 1 amide bonds. The molecule has 1 aromatic heterocycles. The van der Waals surface area contributed by atoms with Crippen LogP contribution in [0.2, 0.25) is 0 Å². The Morgan fingerprint density at radius 1 is 1.23 bits per heavy atom. The summed E-state index contributed by atoms with van der Waals surface area (Å²) in [7, 11) is 0. The summed E-state index contributed by atoms with van der Waals surface area (Å²) in [5, 5.41) is 0. The first-order chi connectivity index (χ1) is 10.5. The third kappa shape index (κ3) is 2.61. The van der Waals surface area contributed by atoms with E-state index in [0.29, 0.717) is 0 Å². The average Bonchev–Trinajstić information content (AvgIpc) is 3.30. The van der Waals surface area contributed by atoms with Gasteiger partial charge >= 0.3 is 0 Å². The van der Waals surface area contributed by atoms with E-state index in [-0.39, 0.29) is 5.91 Å². The van der Waals surface area contributed by atoms with E-state index in [2.05, 4.69) is 16.0 Å². The summed E-state index contributed by atoms with van der Waals surface area (Å²) >= 11 is 0. The van der Waals surface area contributed by atoms with E-state index in [1.54, 1.807) is 0 Å². The molecule has 2 aromatic rings. The molecule has 4 heteroatoms. The second kappa shape index (κ2) is 5.52. The first kappa shape index (κ1) is 14.7. The van der Waals surface area contributed by atoms with Crippen molar-refractivity contribution in [2.75, 3.05) is 0 Å². The normalized spacial score (nSPS) is 15.5. The summed E-state index contributed by atoms with van der Waals surface area (Å²) in [5.41, 5.74) is 9.69. The van der Waals surface area contributed by atoms with Gasteiger partial charge in [-0.15, -0.1) is 0 Å². The van der Waals surface area contributed by atoms with Crippen molar-refractivity contribution < 1.29 is 4.79 Å². The van der Waals surface area contributed by atoms with Gasteiger partial charge in [0.25, 0.3) is 0 Å². The van der Waals surface area contributed by atoms with Crippen molar-refractivity contribution in [1.29, 1.82) is 0 Å². The SMILES string of the molecule is Cc1ncc(C)c(CCc2ccccc2C2(C(N)=O)CC2)n1. The highest BCUT2D eigenvalue weighted by molar-refractivity contribution is 5.90. The van der Waals surface area contributed by atoms with Crippen LogP contribution >= 0.6 is 0 Å². The number of carbonyl (C=O) groups excluding carboxylic acids is 1. The predicted molar refractivity (Wildman–Crippen MR) is 85.5 cm³/mol. The second-order valence-corrected chi connectivity index (χ2v) is 6.15. The van der Waals surface area contributed by atoms with E-state index in [9.17, 15) is 4.79 Å². The Morgan fingerprint density at radius 2 is 1.95 bits per heavy atom. The van der Waals surface area contributed by atoms with Crippen molar-refractivity contribution in [3.05, 3.63) is 58.7 Å². The maximum atomic E-state index is 11.8. The molecule has 2 N–H and O–H groups in total. The Labute approximate surface area is 130 Å². The number of aryl methyl sites for hydroxylation is 4. The molecule has 0 bridgehead atoms. The van der Waals surface area contributed by atoms with Gasteiger partial charge in [-0.2, -0.15) is 0 Å². The van der Waals surface area contributed by atoms with Gasteiger partial charge in [0.15, 0.2) is 0 Å². The van der Waals surface area contributed by atoms with Crippen molar-refractivity contribution in [2.45, 2.75) is 44.9 Å². The van der Waals surface area contributed by atoms with Crippen molar-refractivity contribution in [3.8, 4) is 0 Å². The molecule has 22 heavy (non-hydrogen) atoms. The fourth-order valence-corrected chi connectivity index (χ4v) is 3.06. The predicted octanol–water partition coefficient (Wildman–Crippen LogP) is 2.40. The van der Waals surface area contributed by atoms with Gasteiger partial charge in [-0.1, -0.05) is 24.3 Å². The lowest BCUT2D eigenvalue weighted by Crippen LogP contribution is -2.29. The number of carbonyl (C=O) groups is 1. The quantitative estimate of drug-likeness (QED) is 0.921. The molecule has 1 aliphatic rings. The lowest BCUT2D eigenvalue weighted by molar-refractivity contribution is -0.120. The van der Waals surface area contributed by atoms with Gasteiger partial charge in [0.2, 0.25) is 5.91 Å². The lowest BCUT2D eigenvalue weighted by Gasteiger charge is -2.16. The zero-order chi connectivity index (χ0) is 15.7. The van der Waals surface area contributed by atoms with Crippen LogP contribution in [0.3, 0.4) is 0 Å². The van der Waals surface area contributed by atoms with Crippen LogP contribution in [-0.2, 0) is 23.1 Å². The number of primary amides is 1. The van der Waals surface area contributed by atoms with Crippen molar-refractivity contribution >= 4 is 5.91 Å². The molecule has 0 spiro atoms. The largest absolute Gasteiger partial charge is 0.369 e. The molecule has 0 radical (unpaired) electrons. The fourth-order valence-electron chi connectivity index (χ4n) is 3.06. The number of amides is 1. The Hall–Kier alpha value is -2.23. The number of hydrogen-bond acceptors (Lipinski definition) is 3. The molecule has 1 aromatic carbocycles. The fraction of sp³-hybridized carbons (Fsp3) is 0.389. The topological polar surface area (TPSA) is 68.9 Å². The number of rotatable bonds is 5. The first-order valence-corrected chi connectivity index (χ1v) is 7.70. The third-order valence-electron chi connectivity index (χ3n) is 4.58. The molecule has 4 nitrogen and oxygen atoms in total. The summed E-state index contributed by atoms with van der Waals surface area (Å²) in [5.74, 6) is 0.596. The second-order valence-electron chi connectivity index (χ2n) is 6.15. The summed E-state index contributed by atoms with van der Waals surface area (Å²) < 4.78 is 0. The van der Waals surface area contributed by atoms with Crippen molar-refractivity contribution in [2.24, 2.45) is 5.73 Å². The Balaban J connectivity index is 1.85. The molecule has 0 unspecified atom stereocenters. The van der Waals surface area contributed by atoms with Crippen LogP contribution in [0, 0.1) is 13.8 Å². The molecule has 3 rings (SSSR count). The molecule has 1 saturated carbocycles. The summed E-state index contributed by atoms with van der Waals surface area (Å²) in [4.78, 5) is 20.6. The van der Waals surface area contributed by atoms with E-state index < -0.39 is 5.41 Å². The van der Waals surface area contributed by atoms with Gasteiger partial charge in [0.1, 0.15) is 5.82 Å². The van der Waals surface area contributed by atoms with Crippen LogP contribution < -0.4 is 5.73 Å². The van der Waals surface area contributed by atoms with E-state index in [1.807, 2.05) is 38.2 Å². The molecular formula is C18H21N3O. The molecule has 0 saturated heterocycles. The smallest absolute Gasteiger partial charge is 0.228 e. The van der Waals surface area contributed by atoms with Crippen LogP contribution in [0.1, 0.15) is 41.1 Å². The van der Waals surface area contributed by atoms with Gasteiger partial charge in [-0.05, 0) is 56.2 Å². The number of hydrogen-bond donors (Lipinski definition) is 1. The monoisotopic (exact) mass is 295 g/mol. The minimum absolute atomic E-state index is 0.200. The summed E-state index contributed by atoms with van der Waals surface area (Å²) in [6.45, 7) is 3.94. The van der Waals surface area contributed by atoms with E-state index in [1.165, 1.54) is 5.56 Å². The first-order valence-electron chi connectivity index (χ1n) is 7.70. The van der Waals surface area contributed by atoms with Crippen LogP contribution in [0.5, 0.6) is 0 Å². The maximum absolute atomic E-state index is 11.8. The highest BCUT2D eigenvalue weighted by atomic mass is 16.1. The highest BCUT2D eigenvalue weighted by Crippen LogP contribution is 2.49. The number of nitrogens with zero attached hydrogens (tertiary/aromatic N) is 2. The zero-order valence-corrected chi connectivity index (χ0v) is 13.1. The molecule has 114 valence electrons. The Bertz CT molecular complexity index is 720. The summed E-state index contributed by atoms with van der Waals surface area (Å²) in [6.07, 6.45) is 5.31. The van der Waals surface area contributed by atoms with Crippen LogP contribution in [0.15, 0.2) is 30.5 Å². The average molecular weight is 295 g/mol. The van der Waals surface area contributed by atoms with E-state index >= 15 is 0 Å². The van der Waals surface area contributed by atoms with E-state index in [4.69, 9.17) is 5.73 Å². The highest BCUT2D eigenvalue weighted by Gasteiger charge is 2.50. The lowest BCUT2D eigenvalue weighted by atomic mass is 9.88. The minimum atomic E-state index is -0.423. The molecule has 1 aliphatic carbocycles.